The van der Waals surface area contributed by atoms with Crippen LogP contribution in [0.25, 0.3) is 5.57 Å². The first kappa shape index (κ1) is 27.6. The predicted molar refractivity (Wildman–Crippen MR) is 133 cm³/mol. The summed E-state index contributed by atoms with van der Waals surface area (Å²) < 4.78 is 81.2. The molecule has 2 heterocycles. The van der Waals surface area contributed by atoms with Crippen molar-refractivity contribution in [3.8, 4) is 5.88 Å². The molecule has 0 spiro atoms. The highest BCUT2D eigenvalue weighted by Crippen LogP contribution is 2.40. The number of thiazole rings is 1. The highest BCUT2D eigenvalue weighted by Gasteiger charge is 2.38. The number of rotatable bonds is 8. The lowest BCUT2D eigenvalue weighted by Crippen LogP contribution is -2.18. The van der Waals surface area contributed by atoms with Gasteiger partial charge in [0.05, 0.1) is 27.6 Å². The van der Waals surface area contributed by atoms with Crippen molar-refractivity contribution in [1.29, 1.82) is 0 Å². The number of fused-ring (bicyclic) bond motifs is 1. The van der Waals surface area contributed by atoms with Gasteiger partial charge in [-0.25, -0.2) is 0 Å². The molecule has 2 N–H and O–H groups in total. The number of hydrogen-bond donors (Lipinski definition) is 2. The molecular formula is C25H23F6N5OS. The van der Waals surface area contributed by atoms with E-state index >= 15 is 0 Å². The Bertz CT molecular complexity index is 1480. The van der Waals surface area contributed by atoms with Crippen molar-refractivity contribution in [2.24, 2.45) is 10.2 Å². The average Bonchev–Trinajstić information content (AvgIpc) is 3.44. The third-order valence-corrected chi connectivity index (χ3v) is 6.85. The minimum absolute atomic E-state index is 0.117. The van der Waals surface area contributed by atoms with Gasteiger partial charge in [0.2, 0.25) is 5.88 Å². The lowest BCUT2D eigenvalue weighted by Gasteiger charge is -2.17. The topological polar surface area (TPSA) is 73.1 Å². The maximum atomic E-state index is 13.9. The Morgan fingerprint density at radius 3 is 2.47 bits per heavy atom. The van der Waals surface area contributed by atoms with Gasteiger partial charge < -0.3 is 15.3 Å². The minimum atomic E-state index is -5.03. The smallest absolute Gasteiger partial charge is 0.416 e. The molecule has 202 valence electrons. The number of benzene rings is 2. The average molecular weight is 556 g/mol. The van der Waals surface area contributed by atoms with E-state index in [1.54, 1.807) is 18.2 Å². The maximum Gasteiger partial charge on any atom is 0.416 e. The summed E-state index contributed by atoms with van der Waals surface area (Å²) in [5.41, 5.74) is -2.26. The van der Waals surface area contributed by atoms with Crippen LogP contribution >= 0.6 is 11.3 Å². The van der Waals surface area contributed by atoms with Gasteiger partial charge in [0.25, 0.3) is 0 Å². The van der Waals surface area contributed by atoms with Crippen LogP contribution in [-0.2, 0) is 18.8 Å². The largest absolute Gasteiger partial charge is 0.492 e. The quantitative estimate of drug-likeness (QED) is 0.314. The first-order valence-electron chi connectivity index (χ1n) is 11.4. The van der Waals surface area contributed by atoms with Crippen LogP contribution in [0.15, 0.2) is 46.6 Å². The maximum absolute atomic E-state index is 13.9. The number of aromatic hydroxyl groups is 1. The van der Waals surface area contributed by atoms with E-state index in [0.29, 0.717) is 33.9 Å². The molecule has 0 bridgehead atoms. The van der Waals surface area contributed by atoms with E-state index in [0.717, 1.165) is 30.4 Å². The first-order chi connectivity index (χ1) is 17.8. The molecule has 0 atom stereocenters. The third-order valence-electron chi connectivity index (χ3n) is 5.79. The molecule has 0 saturated heterocycles. The summed E-state index contributed by atoms with van der Waals surface area (Å²) in [6, 6.07) is 6.48. The van der Waals surface area contributed by atoms with Crippen molar-refractivity contribution in [3.63, 3.8) is 0 Å². The third kappa shape index (κ3) is 6.33. The lowest BCUT2D eigenvalue weighted by molar-refractivity contribution is -0.143. The van der Waals surface area contributed by atoms with Crippen LogP contribution in [0.1, 0.15) is 33.6 Å². The molecule has 0 unspecified atom stereocenters. The molecule has 3 aromatic rings. The van der Waals surface area contributed by atoms with Gasteiger partial charge in [0, 0.05) is 18.5 Å². The first-order valence-corrected chi connectivity index (χ1v) is 12.2. The summed E-state index contributed by atoms with van der Waals surface area (Å²) in [5.74, 6) is -0.389. The number of anilines is 1. The van der Waals surface area contributed by atoms with Crippen molar-refractivity contribution in [2.75, 3.05) is 32.5 Å². The molecular weight excluding hydrogens is 532 g/mol. The van der Waals surface area contributed by atoms with Gasteiger partial charge in [-0.05, 0) is 67.7 Å². The van der Waals surface area contributed by atoms with Crippen LogP contribution < -0.4 is 15.9 Å². The van der Waals surface area contributed by atoms with Crippen LogP contribution in [0, 0.1) is 0 Å². The Morgan fingerprint density at radius 2 is 1.79 bits per heavy atom. The fourth-order valence-corrected chi connectivity index (χ4v) is 4.89. The highest BCUT2D eigenvalue weighted by molar-refractivity contribution is 7.16. The zero-order valence-electron chi connectivity index (χ0n) is 20.3. The van der Waals surface area contributed by atoms with Crippen LogP contribution in [-0.4, -0.2) is 48.4 Å². The van der Waals surface area contributed by atoms with Crippen molar-refractivity contribution >= 4 is 28.3 Å². The SMILES string of the molecule is CN(C)CCCNc1nc(O)c(C(Cc2ccc(C(F)(F)F)cc2C(F)(F)F)=c2ccc3c(c2)C=NN=3)s1. The lowest BCUT2D eigenvalue weighted by atomic mass is 9.94. The second kappa shape index (κ2) is 10.7. The molecule has 6 nitrogen and oxygen atoms in total. The fourth-order valence-electron chi connectivity index (χ4n) is 3.94. The minimum Gasteiger partial charge on any atom is -0.492 e. The van der Waals surface area contributed by atoms with Gasteiger partial charge in [-0.15, -0.1) is 0 Å². The molecule has 1 aliphatic heterocycles. The zero-order chi connectivity index (χ0) is 27.7. The summed E-state index contributed by atoms with van der Waals surface area (Å²) in [7, 11) is 3.86. The van der Waals surface area contributed by atoms with Gasteiger partial charge in [-0.2, -0.15) is 41.5 Å². The van der Waals surface area contributed by atoms with Gasteiger partial charge in [-0.3, -0.25) is 0 Å². The molecule has 1 aliphatic rings. The van der Waals surface area contributed by atoms with Crippen molar-refractivity contribution in [1.82, 2.24) is 9.88 Å². The van der Waals surface area contributed by atoms with Gasteiger partial charge in [0.1, 0.15) is 0 Å². The second-order valence-corrected chi connectivity index (χ2v) is 9.90. The number of nitrogens with zero attached hydrogens (tertiary/aromatic N) is 4. The van der Waals surface area contributed by atoms with Crippen LogP contribution in [0.5, 0.6) is 5.88 Å². The number of halogens is 6. The molecule has 0 fully saturated rings. The van der Waals surface area contributed by atoms with E-state index < -0.39 is 29.9 Å². The van der Waals surface area contributed by atoms with Crippen molar-refractivity contribution in [2.45, 2.75) is 25.2 Å². The van der Waals surface area contributed by atoms with E-state index in [2.05, 4.69) is 20.5 Å². The van der Waals surface area contributed by atoms with Crippen molar-refractivity contribution in [3.05, 3.63) is 74.1 Å². The van der Waals surface area contributed by atoms with Crippen LogP contribution in [0.3, 0.4) is 0 Å². The number of aromatic nitrogens is 1. The van der Waals surface area contributed by atoms with E-state index in [-0.39, 0.29) is 28.0 Å². The summed E-state index contributed by atoms with van der Waals surface area (Å²) in [4.78, 5) is 6.33. The summed E-state index contributed by atoms with van der Waals surface area (Å²) >= 11 is 1.05. The Kier molecular flexibility index (Phi) is 7.79. The molecule has 4 rings (SSSR count). The summed E-state index contributed by atoms with van der Waals surface area (Å²) in [6.45, 7) is 1.36. The van der Waals surface area contributed by atoms with Gasteiger partial charge in [0.15, 0.2) is 5.13 Å². The van der Waals surface area contributed by atoms with Crippen LogP contribution in [0.4, 0.5) is 31.5 Å². The highest BCUT2D eigenvalue weighted by atomic mass is 32.1. The molecule has 0 saturated carbocycles. The number of hydrogen-bond acceptors (Lipinski definition) is 7. The number of alkyl halides is 6. The van der Waals surface area contributed by atoms with Crippen LogP contribution in [0.2, 0.25) is 0 Å². The molecule has 0 aliphatic carbocycles. The van der Waals surface area contributed by atoms with Gasteiger partial charge in [-0.1, -0.05) is 23.5 Å². The molecule has 0 radical (unpaired) electrons. The molecule has 1 aromatic heterocycles. The van der Waals surface area contributed by atoms with E-state index in [4.69, 9.17) is 0 Å². The Labute approximate surface area is 217 Å². The zero-order valence-corrected chi connectivity index (χ0v) is 21.1. The van der Waals surface area contributed by atoms with E-state index in [1.165, 1.54) is 6.21 Å². The summed E-state index contributed by atoms with van der Waals surface area (Å²) in [6.07, 6.45) is -8.10. The molecule has 0 amide bonds. The van der Waals surface area contributed by atoms with Gasteiger partial charge >= 0.3 is 12.4 Å². The molecule has 38 heavy (non-hydrogen) atoms. The molecule has 13 heteroatoms. The second-order valence-electron chi connectivity index (χ2n) is 8.90. The van der Waals surface area contributed by atoms with E-state index in [9.17, 15) is 31.4 Å². The predicted octanol–water partition coefficient (Wildman–Crippen LogP) is 4.66. The normalized spacial score (nSPS) is 14.0. The van der Waals surface area contributed by atoms with E-state index in [1.807, 2.05) is 19.0 Å². The Morgan fingerprint density at radius 1 is 1.03 bits per heavy atom. The fraction of sp³-hybridized carbons (Fsp3) is 0.320. The standard InChI is InChI=1S/C25H23F6N5OS/c1-36(2)9-3-8-32-23-34-22(37)21(38-23)18(14-5-7-20-16(10-14)13-33-35-20)11-15-4-6-17(24(26,27)28)12-19(15)25(29,30)31/h4-7,10,12-13,37H,3,8-9,11H2,1-2H3,(H,32,34). The van der Waals surface area contributed by atoms with Crippen molar-refractivity contribution < 1.29 is 31.4 Å². The Balaban J connectivity index is 1.81. The Hall–Kier alpha value is -3.45. The summed E-state index contributed by atoms with van der Waals surface area (Å²) in [5, 5.41) is 22.9. The molecule has 2 aromatic carbocycles. The number of nitrogens with one attached hydrogen (secondary N) is 1. The monoisotopic (exact) mass is 555 g/mol.